The number of anilines is 1. The SMILES string of the molecule is O=S(=O)(Nc1cccc(Oc2ncc(Br)cn2)c1)c1cnn(CC(F)(F)F)c1. The van der Waals surface area contributed by atoms with Gasteiger partial charge in [0.25, 0.3) is 10.0 Å². The first kappa shape index (κ1) is 20.1. The first-order chi connectivity index (χ1) is 13.1. The van der Waals surface area contributed by atoms with Crippen LogP contribution in [0, 0.1) is 0 Å². The third-order valence-corrected chi connectivity index (χ3v) is 4.90. The zero-order chi connectivity index (χ0) is 20.4. The molecule has 0 aliphatic carbocycles. The summed E-state index contributed by atoms with van der Waals surface area (Å²) in [5.74, 6) is 0.260. The number of nitrogens with one attached hydrogen (secondary N) is 1. The Labute approximate surface area is 165 Å². The van der Waals surface area contributed by atoms with E-state index in [4.69, 9.17) is 4.74 Å². The van der Waals surface area contributed by atoms with E-state index in [0.29, 0.717) is 9.15 Å². The number of ether oxygens (including phenoxy) is 1. The summed E-state index contributed by atoms with van der Waals surface area (Å²) in [5, 5.41) is 3.42. The van der Waals surface area contributed by atoms with Crippen molar-refractivity contribution in [3.63, 3.8) is 0 Å². The van der Waals surface area contributed by atoms with E-state index in [1.165, 1.54) is 30.6 Å². The molecule has 2 heterocycles. The van der Waals surface area contributed by atoms with Gasteiger partial charge in [0.05, 0.1) is 16.4 Å². The molecule has 28 heavy (non-hydrogen) atoms. The van der Waals surface area contributed by atoms with Gasteiger partial charge in [0.2, 0.25) is 0 Å². The Morgan fingerprint density at radius 1 is 1.18 bits per heavy atom. The summed E-state index contributed by atoms with van der Waals surface area (Å²) < 4.78 is 70.8. The van der Waals surface area contributed by atoms with Crippen LogP contribution in [0.2, 0.25) is 0 Å². The Morgan fingerprint density at radius 2 is 1.89 bits per heavy atom. The highest BCUT2D eigenvalue weighted by atomic mass is 79.9. The Morgan fingerprint density at radius 3 is 2.57 bits per heavy atom. The maximum absolute atomic E-state index is 12.4. The minimum absolute atomic E-state index is 0.0524. The van der Waals surface area contributed by atoms with Crippen molar-refractivity contribution < 1.29 is 26.3 Å². The lowest BCUT2D eigenvalue weighted by Gasteiger charge is -2.09. The second-order valence-corrected chi connectivity index (χ2v) is 8.01. The fraction of sp³-hybridized carbons (Fsp3) is 0.133. The highest BCUT2D eigenvalue weighted by Crippen LogP contribution is 2.24. The van der Waals surface area contributed by atoms with Gasteiger partial charge in [-0.05, 0) is 28.1 Å². The second-order valence-electron chi connectivity index (χ2n) is 5.41. The Bertz CT molecular complexity index is 1070. The number of sulfonamides is 1. The molecule has 0 aliphatic heterocycles. The average Bonchev–Trinajstić information content (AvgIpc) is 3.04. The van der Waals surface area contributed by atoms with Crippen LogP contribution in [0.3, 0.4) is 0 Å². The fourth-order valence-corrected chi connectivity index (χ4v) is 3.26. The second kappa shape index (κ2) is 7.75. The number of aromatic nitrogens is 4. The summed E-state index contributed by atoms with van der Waals surface area (Å²) in [7, 11) is -4.14. The van der Waals surface area contributed by atoms with E-state index in [1.807, 2.05) is 0 Å². The lowest BCUT2D eigenvalue weighted by molar-refractivity contribution is -0.142. The first-order valence-electron chi connectivity index (χ1n) is 7.48. The van der Waals surface area contributed by atoms with Gasteiger partial charge in [-0.1, -0.05) is 6.07 Å². The number of alkyl halides is 3. The molecule has 0 amide bonds. The summed E-state index contributed by atoms with van der Waals surface area (Å²) >= 11 is 3.19. The molecule has 13 heteroatoms. The van der Waals surface area contributed by atoms with Gasteiger partial charge in [-0.2, -0.15) is 18.3 Å². The predicted octanol–water partition coefficient (Wildman–Crippen LogP) is 3.59. The molecule has 1 aromatic carbocycles. The number of nitrogens with zero attached hydrogens (tertiary/aromatic N) is 4. The molecule has 0 fully saturated rings. The molecule has 1 N–H and O–H groups in total. The maximum atomic E-state index is 12.4. The summed E-state index contributed by atoms with van der Waals surface area (Å²) in [6.07, 6.45) is 0.0815. The fourth-order valence-electron chi connectivity index (χ4n) is 2.05. The zero-order valence-corrected chi connectivity index (χ0v) is 16.2. The number of halogens is 4. The van der Waals surface area contributed by atoms with Gasteiger partial charge in [-0.25, -0.2) is 18.4 Å². The molecular formula is C15H11BrF3N5O3S. The van der Waals surface area contributed by atoms with E-state index in [-0.39, 0.29) is 17.4 Å². The van der Waals surface area contributed by atoms with Crippen LogP contribution in [0.4, 0.5) is 18.9 Å². The van der Waals surface area contributed by atoms with E-state index in [1.54, 1.807) is 6.07 Å². The van der Waals surface area contributed by atoms with Crippen molar-refractivity contribution >= 4 is 31.6 Å². The third kappa shape index (κ3) is 5.42. The molecule has 0 aliphatic rings. The Kier molecular flexibility index (Phi) is 5.56. The normalized spacial score (nSPS) is 12.0. The van der Waals surface area contributed by atoms with Crippen LogP contribution in [0.5, 0.6) is 11.8 Å². The van der Waals surface area contributed by atoms with Crippen molar-refractivity contribution in [1.82, 2.24) is 19.7 Å². The van der Waals surface area contributed by atoms with Crippen molar-refractivity contribution in [1.29, 1.82) is 0 Å². The first-order valence-corrected chi connectivity index (χ1v) is 9.76. The molecular weight excluding hydrogens is 467 g/mol. The molecule has 3 aromatic rings. The van der Waals surface area contributed by atoms with Crippen LogP contribution in [0.25, 0.3) is 0 Å². The minimum atomic E-state index is -4.51. The molecule has 0 radical (unpaired) electrons. The number of hydrogen-bond donors (Lipinski definition) is 1. The predicted molar refractivity (Wildman–Crippen MR) is 95.3 cm³/mol. The molecule has 0 saturated carbocycles. The topological polar surface area (TPSA) is 99.0 Å². The summed E-state index contributed by atoms with van der Waals surface area (Å²) in [6, 6.07) is 5.97. The van der Waals surface area contributed by atoms with Crippen molar-refractivity contribution in [2.24, 2.45) is 0 Å². The molecule has 148 valence electrons. The summed E-state index contributed by atoms with van der Waals surface area (Å²) in [4.78, 5) is 7.47. The van der Waals surface area contributed by atoms with E-state index >= 15 is 0 Å². The van der Waals surface area contributed by atoms with Gasteiger partial charge in [-0.3, -0.25) is 9.40 Å². The van der Waals surface area contributed by atoms with Crippen LogP contribution < -0.4 is 9.46 Å². The highest BCUT2D eigenvalue weighted by molar-refractivity contribution is 9.10. The van der Waals surface area contributed by atoms with Crippen molar-refractivity contribution in [3.05, 3.63) is 53.5 Å². The molecule has 8 nitrogen and oxygen atoms in total. The molecule has 0 atom stereocenters. The molecule has 0 spiro atoms. The Balaban J connectivity index is 1.74. The monoisotopic (exact) mass is 477 g/mol. The molecule has 2 aromatic heterocycles. The smallest absolute Gasteiger partial charge is 0.408 e. The van der Waals surface area contributed by atoms with Gasteiger partial charge >= 0.3 is 12.2 Å². The van der Waals surface area contributed by atoms with Gasteiger partial charge in [0.15, 0.2) is 0 Å². The van der Waals surface area contributed by atoms with Gasteiger partial charge in [0, 0.05) is 24.7 Å². The third-order valence-electron chi connectivity index (χ3n) is 3.15. The molecule has 0 unspecified atom stereocenters. The van der Waals surface area contributed by atoms with E-state index < -0.39 is 27.6 Å². The highest BCUT2D eigenvalue weighted by Gasteiger charge is 2.29. The number of rotatable bonds is 6. The molecule has 3 rings (SSSR count). The van der Waals surface area contributed by atoms with Gasteiger partial charge in [-0.15, -0.1) is 0 Å². The van der Waals surface area contributed by atoms with E-state index in [0.717, 1.165) is 12.4 Å². The number of benzene rings is 1. The average molecular weight is 478 g/mol. The standard InChI is InChI=1S/C15H11BrF3N5O3S/c16-10-5-20-14(21-6-10)27-12-3-1-2-11(4-12)23-28(25,26)13-7-22-24(8-13)9-15(17,18)19/h1-8,23H,9H2. The van der Waals surface area contributed by atoms with E-state index in [9.17, 15) is 21.6 Å². The lowest BCUT2D eigenvalue weighted by Crippen LogP contribution is -2.18. The molecule has 0 saturated heterocycles. The summed E-state index contributed by atoms with van der Waals surface area (Å²) in [5.41, 5.74) is 0.137. The van der Waals surface area contributed by atoms with Crippen LogP contribution in [0.15, 0.2) is 58.4 Å². The Hall–Kier alpha value is -2.67. The lowest BCUT2D eigenvalue weighted by atomic mass is 10.3. The van der Waals surface area contributed by atoms with Crippen LogP contribution in [-0.4, -0.2) is 34.3 Å². The molecule has 0 bridgehead atoms. The van der Waals surface area contributed by atoms with Crippen molar-refractivity contribution in [2.75, 3.05) is 4.72 Å². The number of hydrogen-bond acceptors (Lipinski definition) is 6. The largest absolute Gasteiger partial charge is 0.424 e. The quantitative estimate of drug-likeness (QED) is 0.582. The summed E-state index contributed by atoms with van der Waals surface area (Å²) in [6.45, 7) is -1.39. The van der Waals surface area contributed by atoms with Crippen molar-refractivity contribution in [3.8, 4) is 11.8 Å². The van der Waals surface area contributed by atoms with E-state index in [2.05, 4.69) is 35.7 Å². The van der Waals surface area contributed by atoms with Crippen LogP contribution in [0.1, 0.15) is 0 Å². The van der Waals surface area contributed by atoms with Gasteiger partial charge in [0.1, 0.15) is 17.2 Å². The van der Waals surface area contributed by atoms with Gasteiger partial charge < -0.3 is 4.74 Å². The maximum Gasteiger partial charge on any atom is 0.408 e. The minimum Gasteiger partial charge on any atom is -0.424 e. The van der Waals surface area contributed by atoms with Crippen molar-refractivity contribution in [2.45, 2.75) is 17.6 Å². The van der Waals surface area contributed by atoms with Crippen LogP contribution >= 0.6 is 15.9 Å². The van der Waals surface area contributed by atoms with Crippen LogP contribution in [-0.2, 0) is 16.6 Å². The zero-order valence-electron chi connectivity index (χ0n) is 13.8.